The van der Waals surface area contributed by atoms with Crippen molar-refractivity contribution in [3.63, 3.8) is 0 Å². The van der Waals surface area contributed by atoms with Gasteiger partial charge in [-0.2, -0.15) is 11.8 Å². The summed E-state index contributed by atoms with van der Waals surface area (Å²) in [6.45, 7) is 4.48. The number of anilines is 1. The molecule has 1 aliphatic rings. The van der Waals surface area contributed by atoms with E-state index in [1.165, 1.54) is 35.8 Å². The van der Waals surface area contributed by atoms with Crippen molar-refractivity contribution in [2.75, 3.05) is 29.5 Å². The summed E-state index contributed by atoms with van der Waals surface area (Å²) in [7, 11) is 0. The highest BCUT2D eigenvalue weighted by molar-refractivity contribution is 7.99. The fourth-order valence-electron chi connectivity index (χ4n) is 1.63. The molecule has 13 heavy (non-hydrogen) atoms. The fourth-order valence-corrected chi connectivity index (χ4v) is 2.53. The lowest BCUT2D eigenvalue weighted by Gasteiger charge is -2.29. The number of aromatic nitrogens is 1. The highest BCUT2D eigenvalue weighted by atomic mass is 32.2. The molecule has 1 aliphatic heterocycles. The summed E-state index contributed by atoms with van der Waals surface area (Å²) in [6.07, 6.45) is 3.82. The van der Waals surface area contributed by atoms with E-state index >= 15 is 0 Å². The Morgan fingerprint density at radius 2 is 2.15 bits per heavy atom. The van der Waals surface area contributed by atoms with Crippen molar-refractivity contribution in [1.82, 2.24) is 4.98 Å². The predicted octanol–water partition coefficient (Wildman–Crippen LogP) is 1.94. The van der Waals surface area contributed by atoms with E-state index in [0.717, 1.165) is 0 Å². The number of thioether (sulfide) groups is 1. The van der Waals surface area contributed by atoms with E-state index in [2.05, 4.69) is 22.9 Å². The van der Waals surface area contributed by atoms with E-state index in [0.29, 0.717) is 0 Å². The first-order chi connectivity index (χ1) is 6.38. The molecule has 2 nitrogen and oxygen atoms in total. The highest BCUT2D eigenvalue weighted by Crippen LogP contribution is 2.21. The van der Waals surface area contributed by atoms with Gasteiger partial charge in [-0.3, -0.25) is 4.98 Å². The largest absolute Gasteiger partial charge is 0.370 e. The van der Waals surface area contributed by atoms with Crippen molar-refractivity contribution in [2.24, 2.45) is 0 Å². The van der Waals surface area contributed by atoms with Crippen molar-refractivity contribution >= 4 is 17.4 Å². The number of aryl methyl sites for hydroxylation is 1. The topological polar surface area (TPSA) is 16.1 Å². The van der Waals surface area contributed by atoms with Gasteiger partial charge in [-0.15, -0.1) is 0 Å². The van der Waals surface area contributed by atoms with Gasteiger partial charge < -0.3 is 4.90 Å². The zero-order valence-corrected chi connectivity index (χ0v) is 8.68. The van der Waals surface area contributed by atoms with Crippen LogP contribution in [-0.4, -0.2) is 29.6 Å². The molecular formula is C10H14N2S. The van der Waals surface area contributed by atoms with E-state index in [9.17, 15) is 0 Å². The number of pyridine rings is 1. The van der Waals surface area contributed by atoms with Crippen LogP contribution in [0.4, 0.5) is 5.69 Å². The number of hydrogen-bond donors (Lipinski definition) is 0. The van der Waals surface area contributed by atoms with Gasteiger partial charge in [0.2, 0.25) is 0 Å². The summed E-state index contributed by atoms with van der Waals surface area (Å²) in [5.41, 5.74) is 2.64. The number of hydrogen-bond acceptors (Lipinski definition) is 3. The Labute approximate surface area is 83.4 Å². The van der Waals surface area contributed by atoms with E-state index in [4.69, 9.17) is 0 Å². The minimum absolute atomic E-state index is 1.18. The summed E-state index contributed by atoms with van der Waals surface area (Å²) in [5, 5.41) is 0. The maximum absolute atomic E-state index is 4.11. The van der Waals surface area contributed by atoms with E-state index in [1.807, 2.05) is 24.2 Å². The van der Waals surface area contributed by atoms with Gasteiger partial charge in [-0.05, 0) is 18.6 Å². The third-order valence-corrected chi connectivity index (χ3v) is 3.28. The smallest absolute Gasteiger partial charge is 0.0427 e. The normalized spacial score (nSPS) is 17.5. The summed E-state index contributed by atoms with van der Waals surface area (Å²) in [5.74, 6) is 2.50. The van der Waals surface area contributed by atoms with Crippen LogP contribution in [0.3, 0.4) is 0 Å². The average Bonchev–Trinajstić information content (AvgIpc) is 2.20. The first kappa shape index (κ1) is 8.88. The van der Waals surface area contributed by atoms with Crippen LogP contribution in [0.25, 0.3) is 0 Å². The molecule has 0 spiro atoms. The van der Waals surface area contributed by atoms with Crippen molar-refractivity contribution in [1.29, 1.82) is 0 Å². The van der Waals surface area contributed by atoms with Gasteiger partial charge in [0, 0.05) is 42.7 Å². The molecule has 0 unspecified atom stereocenters. The minimum atomic E-state index is 1.18. The highest BCUT2D eigenvalue weighted by Gasteiger charge is 2.12. The Morgan fingerprint density at radius 1 is 1.38 bits per heavy atom. The van der Waals surface area contributed by atoms with Crippen LogP contribution in [0.15, 0.2) is 18.5 Å². The van der Waals surface area contributed by atoms with Crippen LogP contribution < -0.4 is 4.90 Å². The lowest BCUT2D eigenvalue weighted by Crippen LogP contribution is -2.32. The van der Waals surface area contributed by atoms with Crippen molar-refractivity contribution in [3.8, 4) is 0 Å². The van der Waals surface area contributed by atoms with Crippen molar-refractivity contribution < 1.29 is 0 Å². The molecule has 0 radical (unpaired) electrons. The second-order valence-electron chi connectivity index (χ2n) is 3.26. The van der Waals surface area contributed by atoms with Gasteiger partial charge in [0.15, 0.2) is 0 Å². The molecule has 1 saturated heterocycles. The SMILES string of the molecule is Cc1cnccc1N1CCSCC1. The van der Waals surface area contributed by atoms with Gasteiger partial charge in [0.1, 0.15) is 0 Å². The molecule has 0 aliphatic carbocycles. The second kappa shape index (κ2) is 4.01. The van der Waals surface area contributed by atoms with Crippen LogP contribution >= 0.6 is 11.8 Å². The van der Waals surface area contributed by atoms with Gasteiger partial charge in [0.25, 0.3) is 0 Å². The Bertz CT molecular complexity index is 282. The lowest BCUT2D eigenvalue weighted by molar-refractivity contribution is 0.852. The van der Waals surface area contributed by atoms with E-state index in [1.54, 1.807) is 0 Å². The predicted molar refractivity (Wildman–Crippen MR) is 58.5 cm³/mol. The number of nitrogens with zero attached hydrogens (tertiary/aromatic N) is 2. The third-order valence-electron chi connectivity index (χ3n) is 2.34. The monoisotopic (exact) mass is 194 g/mol. The molecule has 1 fully saturated rings. The molecule has 0 saturated carbocycles. The van der Waals surface area contributed by atoms with E-state index < -0.39 is 0 Å². The minimum Gasteiger partial charge on any atom is -0.370 e. The van der Waals surface area contributed by atoms with Crippen LogP contribution in [0.5, 0.6) is 0 Å². The Hall–Kier alpha value is -0.700. The van der Waals surface area contributed by atoms with Gasteiger partial charge in [0.05, 0.1) is 0 Å². The summed E-state index contributed by atoms with van der Waals surface area (Å²) in [4.78, 5) is 6.56. The molecule has 1 aromatic rings. The Morgan fingerprint density at radius 3 is 2.85 bits per heavy atom. The maximum Gasteiger partial charge on any atom is 0.0427 e. The first-order valence-corrected chi connectivity index (χ1v) is 5.77. The Kier molecular flexibility index (Phi) is 2.74. The maximum atomic E-state index is 4.11. The standard InChI is InChI=1S/C10H14N2S/c1-9-8-11-3-2-10(9)12-4-6-13-7-5-12/h2-3,8H,4-7H2,1H3. The molecule has 70 valence electrons. The zero-order chi connectivity index (χ0) is 9.10. The molecule has 0 atom stereocenters. The molecule has 2 rings (SSSR count). The first-order valence-electron chi connectivity index (χ1n) is 4.61. The quantitative estimate of drug-likeness (QED) is 0.679. The average molecular weight is 194 g/mol. The molecule has 0 aromatic carbocycles. The Balaban J connectivity index is 2.18. The second-order valence-corrected chi connectivity index (χ2v) is 4.49. The summed E-state index contributed by atoms with van der Waals surface area (Å²) in [6, 6.07) is 2.12. The van der Waals surface area contributed by atoms with Crippen molar-refractivity contribution in [2.45, 2.75) is 6.92 Å². The van der Waals surface area contributed by atoms with Gasteiger partial charge >= 0.3 is 0 Å². The molecule has 1 aromatic heterocycles. The number of rotatable bonds is 1. The summed E-state index contributed by atoms with van der Waals surface area (Å²) >= 11 is 2.04. The zero-order valence-electron chi connectivity index (χ0n) is 7.86. The molecular weight excluding hydrogens is 180 g/mol. The van der Waals surface area contributed by atoms with Gasteiger partial charge in [-0.25, -0.2) is 0 Å². The van der Waals surface area contributed by atoms with Crippen LogP contribution in [0.2, 0.25) is 0 Å². The summed E-state index contributed by atoms with van der Waals surface area (Å²) < 4.78 is 0. The van der Waals surface area contributed by atoms with Crippen LogP contribution in [0, 0.1) is 6.92 Å². The lowest BCUT2D eigenvalue weighted by atomic mass is 10.2. The van der Waals surface area contributed by atoms with Crippen molar-refractivity contribution in [3.05, 3.63) is 24.0 Å². The van der Waals surface area contributed by atoms with E-state index in [-0.39, 0.29) is 0 Å². The fraction of sp³-hybridized carbons (Fsp3) is 0.500. The third kappa shape index (κ3) is 1.97. The molecule has 0 N–H and O–H groups in total. The molecule has 0 amide bonds. The van der Waals surface area contributed by atoms with Crippen LogP contribution in [-0.2, 0) is 0 Å². The molecule has 2 heterocycles. The van der Waals surface area contributed by atoms with Gasteiger partial charge in [-0.1, -0.05) is 0 Å². The van der Waals surface area contributed by atoms with Crippen LogP contribution in [0.1, 0.15) is 5.56 Å². The molecule has 0 bridgehead atoms. The molecule has 3 heteroatoms.